The van der Waals surface area contributed by atoms with Crippen LogP contribution in [0.4, 0.5) is 5.82 Å². The van der Waals surface area contributed by atoms with Crippen LogP contribution in [0.1, 0.15) is 56.9 Å². The van der Waals surface area contributed by atoms with Crippen LogP contribution in [0.25, 0.3) is 0 Å². The number of anilines is 1. The van der Waals surface area contributed by atoms with Crippen molar-refractivity contribution in [1.29, 1.82) is 0 Å². The molecule has 1 rings (SSSR count). The van der Waals surface area contributed by atoms with Crippen molar-refractivity contribution in [3.05, 3.63) is 18.1 Å². The number of hydrogen-bond acceptors (Lipinski definition) is 4. The molecule has 5 heteroatoms. The Balaban J connectivity index is 2.73. The number of hydrogen-bond donors (Lipinski definition) is 0. The lowest BCUT2D eigenvalue weighted by atomic mass is 10.3. The highest BCUT2D eigenvalue weighted by atomic mass is 16.2. The zero-order valence-electron chi connectivity index (χ0n) is 13.8. The van der Waals surface area contributed by atoms with Gasteiger partial charge in [-0.15, -0.1) is 0 Å². The largest absolute Gasteiger partial charge is 0.355 e. The van der Waals surface area contributed by atoms with Crippen molar-refractivity contribution in [1.82, 2.24) is 14.9 Å². The fraction of sp³-hybridized carbons (Fsp3) is 0.688. The number of amides is 1. The molecule has 5 nitrogen and oxygen atoms in total. The van der Waals surface area contributed by atoms with Crippen molar-refractivity contribution in [2.75, 3.05) is 31.6 Å². The van der Waals surface area contributed by atoms with Crippen molar-refractivity contribution >= 4 is 11.7 Å². The van der Waals surface area contributed by atoms with Gasteiger partial charge in [0.25, 0.3) is 5.91 Å². The van der Waals surface area contributed by atoms with Crippen LogP contribution in [0.3, 0.4) is 0 Å². The second-order valence-corrected chi connectivity index (χ2v) is 5.33. The van der Waals surface area contributed by atoms with Gasteiger partial charge in [-0.1, -0.05) is 27.2 Å². The third-order valence-corrected chi connectivity index (χ3v) is 3.36. The lowest BCUT2D eigenvalue weighted by Crippen LogP contribution is -2.29. The SMILES string of the molecule is CCCCN(C)C(=O)c1cnc(N(CCC)CCC)cn1. The van der Waals surface area contributed by atoms with Crippen molar-refractivity contribution in [2.24, 2.45) is 0 Å². The number of rotatable bonds is 9. The minimum absolute atomic E-state index is 0.0555. The van der Waals surface area contributed by atoms with E-state index in [0.717, 1.165) is 51.1 Å². The van der Waals surface area contributed by atoms with Gasteiger partial charge in [-0.3, -0.25) is 4.79 Å². The molecule has 118 valence electrons. The minimum atomic E-state index is -0.0555. The number of carbonyl (C=O) groups is 1. The Kier molecular flexibility index (Phi) is 7.72. The highest BCUT2D eigenvalue weighted by Crippen LogP contribution is 2.11. The summed E-state index contributed by atoms with van der Waals surface area (Å²) in [5, 5.41) is 0. The number of nitrogens with zero attached hydrogens (tertiary/aromatic N) is 4. The molecule has 0 saturated carbocycles. The van der Waals surface area contributed by atoms with Crippen LogP contribution in [-0.2, 0) is 0 Å². The Labute approximate surface area is 128 Å². The van der Waals surface area contributed by atoms with Gasteiger partial charge < -0.3 is 9.80 Å². The molecule has 1 amide bonds. The van der Waals surface area contributed by atoms with Gasteiger partial charge in [-0.25, -0.2) is 9.97 Å². The van der Waals surface area contributed by atoms with Gasteiger partial charge in [-0.2, -0.15) is 0 Å². The maximum atomic E-state index is 12.2. The highest BCUT2D eigenvalue weighted by Gasteiger charge is 2.14. The van der Waals surface area contributed by atoms with Crippen molar-refractivity contribution in [3.8, 4) is 0 Å². The molecule has 0 atom stereocenters. The summed E-state index contributed by atoms with van der Waals surface area (Å²) in [6.45, 7) is 9.10. The topological polar surface area (TPSA) is 49.3 Å². The summed E-state index contributed by atoms with van der Waals surface area (Å²) in [6.07, 6.45) is 7.54. The smallest absolute Gasteiger partial charge is 0.273 e. The summed E-state index contributed by atoms with van der Waals surface area (Å²) in [6, 6.07) is 0. The molecule has 1 aromatic rings. The zero-order valence-corrected chi connectivity index (χ0v) is 13.8. The molecule has 1 heterocycles. The number of aromatic nitrogens is 2. The fourth-order valence-corrected chi connectivity index (χ4v) is 2.17. The molecule has 0 fully saturated rings. The first-order valence-electron chi connectivity index (χ1n) is 7.96. The first-order chi connectivity index (χ1) is 10.1. The highest BCUT2D eigenvalue weighted by molar-refractivity contribution is 5.91. The molecule has 0 aliphatic carbocycles. The third-order valence-electron chi connectivity index (χ3n) is 3.36. The van der Waals surface area contributed by atoms with E-state index in [1.54, 1.807) is 17.3 Å². The third kappa shape index (κ3) is 5.33. The van der Waals surface area contributed by atoms with Gasteiger partial charge in [0.2, 0.25) is 0 Å². The Hall–Kier alpha value is -1.65. The Bertz CT molecular complexity index is 413. The standard InChI is InChI=1S/C16H28N4O/c1-5-8-11-19(4)16(21)14-12-18-15(13-17-14)20(9-6-2)10-7-3/h12-13H,5-11H2,1-4H3. The van der Waals surface area contributed by atoms with E-state index in [9.17, 15) is 4.79 Å². The molecular weight excluding hydrogens is 264 g/mol. The Morgan fingerprint density at radius 1 is 1.00 bits per heavy atom. The first kappa shape index (κ1) is 17.4. The van der Waals surface area contributed by atoms with Gasteiger partial charge >= 0.3 is 0 Å². The van der Waals surface area contributed by atoms with E-state index >= 15 is 0 Å². The van der Waals surface area contributed by atoms with Crippen LogP contribution in [0.2, 0.25) is 0 Å². The second kappa shape index (κ2) is 9.32. The number of unbranched alkanes of at least 4 members (excludes halogenated alkanes) is 1. The van der Waals surface area contributed by atoms with Gasteiger partial charge in [0.05, 0.1) is 12.4 Å². The average molecular weight is 292 g/mol. The molecule has 0 bridgehead atoms. The summed E-state index contributed by atoms with van der Waals surface area (Å²) >= 11 is 0. The van der Waals surface area contributed by atoms with Gasteiger partial charge in [-0.05, 0) is 19.3 Å². The zero-order chi connectivity index (χ0) is 15.7. The van der Waals surface area contributed by atoms with Crippen molar-refractivity contribution in [3.63, 3.8) is 0 Å². The van der Waals surface area contributed by atoms with E-state index in [1.165, 1.54) is 0 Å². The average Bonchev–Trinajstić information content (AvgIpc) is 2.52. The Morgan fingerprint density at radius 2 is 1.67 bits per heavy atom. The monoisotopic (exact) mass is 292 g/mol. The maximum Gasteiger partial charge on any atom is 0.273 e. The molecule has 0 aromatic carbocycles. The van der Waals surface area contributed by atoms with Crippen LogP contribution in [0.15, 0.2) is 12.4 Å². The summed E-state index contributed by atoms with van der Waals surface area (Å²) in [4.78, 5) is 24.8. The lowest BCUT2D eigenvalue weighted by Gasteiger charge is -2.22. The lowest BCUT2D eigenvalue weighted by molar-refractivity contribution is 0.0787. The molecule has 1 aromatic heterocycles. The molecule has 0 aliphatic rings. The van der Waals surface area contributed by atoms with E-state index in [0.29, 0.717) is 5.69 Å². The van der Waals surface area contributed by atoms with E-state index in [2.05, 4.69) is 35.6 Å². The van der Waals surface area contributed by atoms with E-state index in [-0.39, 0.29) is 5.91 Å². The molecule has 21 heavy (non-hydrogen) atoms. The molecule has 0 radical (unpaired) electrons. The molecule has 0 spiro atoms. The normalized spacial score (nSPS) is 10.5. The summed E-state index contributed by atoms with van der Waals surface area (Å²) < 4.78 is 0. The number of carbonyl (C=O) groups excluding carboxylic acids is 1. The minimum Gasteiger partial charge on any atom is -0.355 e. The van der Waals surface area contributed by atoms with E-state index in [4.69, 9.17) is 0 Å². The molecule has 0 unspecified atom stereocenters. The van der Waals surface area contributed by atoms with Crippen LogP contribution in [0.5, 0.6) is 0 Å². The van der Waals surface area contributed by atoms with E-state index < -0.39 is 0 Å². The van der Waals surface area contributed by atoms with Crippen LogP contribution in [-0.4, -0.2) is 47.5 Å². The maximum absolute atomic E-state index is 12.2. The fourth-order valence-electron chi connectivity index (χ4n) is 2.17. The molecule has 0 saturated heterocycles. The summed E-state index contributed by atoms with van der Waals surface area (Å²) in [5.41, 5.74) is 0.422. The first-order valence-corrected chi connectivity index (χ1v) is 7.96. The van der Waals surface area contributed by atoms with Crippen LogP contribution < -0.4 is 4.90 Å². The predicted molar refractivity (Wildman–Crippen MR) is 86.7 cm³/mol. The second-order valence-electron chi connectivity index (χ2n) is 5.33. The molecular formula is C16H28N4O. The molecule has 0 aliphatic heterocycles. The van der Waals surface area contributed by atoms with Crippen LogP contribution >= 0.6 is 0 Å². The quantitative estimate of drug-likeness (QED) is 0.702. The van der Waals surface area contributed by atoms with Crippen LogP contribution in [0, 0.1) is 0 Å². The van der Waals surface area contributed by atoms with Gasteiger partial charge in [0.1, 0.15) is 11.5 Å². The summed E-state index contributed by atoms with van der Waals surface area (Å²) in [5.74, 6) is 0.798. The summed E-state index contributed by atoms with van der Waals surface area (Å²) in [7, 11) is 1.81. The predicted octanol–water partition coefficient (Wildman–Crippen LogP) is 2.98. The van der Waals surface area contributed by atoms with Gasteiger partial charge in [0, 0.05) is 26.7 Å². The van der Waals surface area contributed by atoms with Crippen molar-refractivity contribution in [2.45, 2.75) is 46.5 Å². The van der Waals surface area contributed by atoms with Crippen molar-refractivity contribution < 1.29 is 4.79 Å². The van der Waals surface area contributed by atoms with E-state index in [1.807, 2.05) is 7.05 Å². The Morgan fingerprint density at radius 3 is 2.14 bits per heavy atom. The molecule has 0 N–H and O–H groups in total. The van der Waals surface area contributed by atoms with Gasteiger partial charge in [0.15, 0.2) is 0 Å².